The van der Waals surface area contributed by atoms with Gasteiger partial charge in [0.05, 0.1) is 0 Å². The van der Waals surface area contributed by atoms with Crippen LogP contribution < -0.4 is 5.32 Å². The molecule has 1 saturated carbocycles. The van der Waals surface area contributed by atoms with Gasteiger partial charge in [-0.05, 0) is 53.5 Å². The Morgan fingerprint density at radius 3 is 2.33 bits per heavy atom. The summed E-state index contributed by atoms with van der Waals surface area (Å²) < 4.78 is 0. The second-order valence-electron chi connectivity index (χ2n) is 6.03. The molecule has 0 spiro atoms. The van der Waals surface area contributed by atoms with Crippen LogP contribution in [0, 0.1) is 0 Å². The van der Waals surface area contributed by atoms with Crippen molar-refractivity contribution in [2.45, 2.75) is 77.5 Å². The Bertz CT molecular complexity index is 290. The Hall–Kier alpha value is -0.610. The second kappa shape index (κ2) is 6.02. The Morgan fingerprint density at radius 2 is 2.00 bits per heavy atom. The fraction of sp³-hybridized carbons (Fsp3) is 0.929. The molecule has 4 nitrogen and oxygen atoms in total. The van der Waals surface area contributed by atoms with Crippen LogP contribution in [0.1, 0.15) is 53.9 Å². The number of carbonyl (C=O) groups is 1. The van der Waals surface area contributed by atoms with Crippen LogP contribution in [0.25, 0.3) is 0 Å². The lowest BCUT2D eigenvalue weighted by molar-refractivity contribution is -0.145. The van der Waals surface area contributed by atoms with Crippen LogP contribution >= 0.6 is 0 Å². The lowest BCUT2D eigenvalue weighted by Crippen LogP contribution is -2.55. The topological polar surface area (TPSA) is 52.6 Å². The van der Waals surface area contributed by atoms with Gasteiger partial charge < -0.3 is 5.11 Å². The molecule has 0 saturated heterocycles. The van der Waals surface area contributed by atoms with Crippen molar-refractivity contribution in [3.8, 4) is 0 Å². The largest absolute Gasteiger partial charge is 0.480 e. The highest BCUT2D eigenvalue weighted by molar-refractivity contribution is 5.78. The molecule has 1 rings (SSSR count). The minimum absolute atomic E-state index is 0.266. The molecule has 106 valence electrons. The monoisotopic (exact) mass is 256 g/mol. The maximum Gasteiger partial charge on any atom is 0.323 e. The molecule has 0 aromatic rings. The van der Waals surface area contributed by atoms with Crippen molar-refractivity contribution < 1.29 is 9.90 Å². The van der Waals surface area contributed by atoms with Gasteiger partial charge in [-0.1, -0.05) is 6.92 Å². The third kappa shape index (κ3) is 3.95. The van der Waals surface area contributed by atoms with E-state index >= 15 is 0 Å². The number of carboxylic acid groups (broad SMARTS) is 1. The number of nitrogens with one attached hydrogen (secondary N) is 1. The van der Waals surface area contributed by atoms with Gasteiger partial charge in [-0.15, -0.1) is 0 Å². The quantitative estimate of drug-likeness (QED) is 0.698. The van der Waals surface area contributed by atoms with Gasteiger partial charge in [-0.25, -0.2) is 0 Å². The molecule has 0 aromatic heterocycles. The second-order valence-corrected chi connectivity index (χ2v) is 6.03. The van der Waals surface area contributed by atoms with E-state index in [9.17, 15) is 9.90 Å². The van der Waals surface area contributed by atoms with Crippen LogP contribution in [0.5, 0.6) is 0 Å². The van der Waals surface area contributed by atoms with Crippen LogP contribution in [-0.2, 0) is 4.79 Å². The first-order valence-corrected chi connectivity index (χ1v) is 7.07. The summed E-state index contributed by atoms with van der Waals surface area (Å²) in [6.07, 6.45) is 2.86. The first kappa shape index (κ1) is 15.4. The van der Waals surface area contributed by atoms with Crippen LogP contribution in [-0.4, -0.2) is 46.2 Å². The number of hydrogen-bond donors (Lipinski definition) is 2. The van der Waals surface area contributed by atoms with Crippen molar-refractivity contribution in [1.82, 2.24) is 10.2 Å². The minimum atomic E-state index is -0.803. The molecule has 2 atom stereocenters. The van der Waals surface area contributed by atoms with E-state index in [4.69, 9.17) is 0 Å². The third-order valence-corrected chi connectivity index (χ3v) is 3.87. The Labute approximate surface area is 111 Å². The highest BCUT2D eigenvalue weighted by atomic mass is 16.4. The minimum Gasteiger partial charge on any atom is -0.480 e. The maximum atomic E-state index is 11.5. The summed E-state index contributed by atoms with van der Waals surface area (Å²) in [6.45, 7) is 11.3. The van der Waals surface area contributed by atoms with Gasteiger partial charge in [-0.2, -0.15) is 0 Å². The summed E-state index contributed by atoms with van der Waals surface area (Å²) in [5.41, 5.74) is -0.803. The first-order chi connectivity index (χ1) is 8.30. The molecule has 0 aromatic carbocycles. The van der Waals surface area contributed by atoms with Gasteiger partial charge in [0.25, 0.3) is 0 Å². The smallest absolute Gasteiger partial charge is 0.323 e. The van der Waals surface area contributed by atoms with Crippen molar-refractivity contribution in [3.05, 3.63) is 0 Å². The molecule has 2 unspecified atom stereocenters. The van der Waals surface area contributed by atoms with E-state index in [-0.39, 0.29) is 6.04 Å². The van der Waals surface area contributed by atoms with Crippen molar-refractivity contribution in [2.75, 3.05) is 6.54 Å². The van der Waals surface area contributed by atoms with Crippen LogP contribution in [0.3, 0.4) is 0 Å². The SMILES string of the molecule is CCN(C(C)C)C(C)CC(C)(NC1CC1)C(=O)O. The summed E-state index contributed by atoms with van der Waals surface area (Å²) in [5, 5.41) is 12.8. The summed E-state index contributed by atoms with van der Waals surface area (Å²) in [7, 11) is 0. The van der Waals surface area contributed by atoms with Gasteiger partial charge >= 0.3 is 5.97 Å². The zero-order valence-corrected chi connectivity index (χ0v) is 12.4. The number of nitrogens with zero attached hydrogens (tertiary/aromatic N) is 1. The van der Waals surface area contributed by atoms with Crippen LogP contribution in [0.15, 0.2) is 0 Å². The first-order valence-electron chi connectivity index (χ1n) is 7.07. The molecule has 0 aliphatic heterocycles. The van der Waals surface area contributed by atoms with Gasteiger partial charge in [0.1, 0.15) is 5.54 Å². The van der Waals surface area contributed by atoms with Crippen molar-refractivity contribution in [2.24, 2.45) is 0 Å². The highest BCUT2D eigenvalue weighted by Gasteiger charge is 2.40. The average Bonchev–Trinajstić information content (AvgIpc) is 3.01. The molecule has 2 N–H and O–H groups in total. The molecule has 0 bridgehead atoms. The normalized spacial score (nSPS) is 21.1. The van der Waals surface area contributed by atoms with E-state index in [0.29, 0.717) is 18.5 Å². The third-order valence-electron chi connectivity index (χ3n) is 3.87. The summed E-state index contributed by atoms with van der Waals surface area (Å²) in [5.74, 6) is -0.735. The Balaban J connectivity index is 2.66. The van der Waals surface area contributed by atoms with Gasteiger partial charge in [0.15, 0.2) is 0 Å². The number of aliphatic carboxylic acids is 1. The van der Waals surface area contributed by atoms with Gasteiger partial charge in [0, 0.05) is 18.1 Å². The molecule has 1 aliphatic rings. The number of rotatable bonds is 8. The van der Waals surface area contributed by atoms with Crippen molar-refractivity contribution in [3.63, 3.8) is 0 Å². The lowest BCUT2D eigenvalue weighted by Gasteiger charge is -2.37. The van der Waals surface area contributed by atoms with E-state index in [1.54, 1.807) is 0 Å². The number of carboxylic acids is 1. The highest BCUT2D eigenvalue weighted by Crippen LogP contribution is 2.26. The zero-order chi connectivity index (χ0) is 13.9. The fourth-order valence-electron chi connectivity index (χ4n) is 2.78. The van der Waals surface area contributed by atoms with E-state index < -0.39 is 11.5 Å². The summed E-state index contributed by atoms with van der Waals surface area (Å²) in [4.78, 5) is 13.9. The molecule has 18 heavy (non-hydrogen) atoms. The average molecular weight is 256 g/mol. The predicted octanol–water partition coefficient (Wildman–Crippen LogP) is 2.09. The Morgan fingerprint density at radius 1 is 1.44 bits per heavy atom. The maximum absolute atomic E-state index is 11.5. The predicted molar refractivity (Wildman–Crippen MR) is 73.8 cm³/mol. The lowest BCUT2D eigenvalue weighted by atomic mass is 9.92. The molecular formula is C14H28N2O2. The standard InChI is InChI=1S/C14H28N2O2/c1-6-16(10(2)3)11(4)9-14(5,13(17)18)15-12-7-8-12/h10-12,15H,6-9H2,1-5H3,(H,17,18). The number of hydrogen-bond acceptors (Lipinski definition) is 3. The molecular weight excluding hydrogens is 228 g/mol. The zero-order valence-electron chi connectivity index (χ0n) is 12.4. The van der Waals surface area contributed by atoms with E-state index in [1.165, 1.54) is 0 Å². The van der Waals surface area contributed by atoms with Crippen molar-refractivity contribution in [1.29, 1.82) is 0 Å². The van der Waals surface area contributed by atoms with Crippen LogP contribution in [0.2, 0.25) is 0 Å². The van der Waals surface area contributed by atoms with Gasteiger partial charge in [-0.3, -0.25) is 15.0 Å². The summed E-state index contributed by atoms with van der Waals surface area (Å²) >= 11 is 0. The molecule has 0 heterocycles. The Kier molecular flexibility index (Phi) is 5.17. The van der Waals surface area contributed by atoms with E-state index in [2.05, 4.69) is 37.9 Å². The molecule has 1 aliphatic carbocycles. The van der Waals surface area contributed by atoms with Crippen LogP contribution in [0.4, 0.5) is 0 Å². The van der Waals surface area contributed by atoms with Gasteiger partial charge in [0.2, 0.25) is 0 Å². The molecule has 0 radical (unpaired) electrons. The summed E-state index contributed by atoms with van der Waals surface area (Å²) in [6, 6.07) is 1.12. The molecule has 1 fully saturated rings. The van der Waals surface area contributed by atoms with E-state index in [1.807, 2.05) is 6.92 Å². The molecule has 4 heteroatoms. The fourth-order valence-corrected chi connectivity index (χ4v) is 2.78. The molecule has 0 amide bonds. The van der Waals surface area contributed by atoms with Crippen molar-refractivity contribution >= 4 is 5.97 Å². The van der Waals surface area contributed by atoms with E-state index in [0.717, 1.165) is 19.4 Å².